The highest BCUT2D eigenvalue weighted by molar-refractivity contribution is 5.98. The van der Waals surface area contributed by atoms with Crippen LogP contribution in [0.4, 0.5) is 0 Å². The highest BCUT2D eigenvalue weighted by Gasteiger charge is 2.25. The molecule has 0 spiro atoms. The summed E-state index contributed by atoms with van der Waals surface area (Å²) < 4.78 is 11.8. The van der Waals surface area contributed by atoms with Crippen molar-refractivity contribution in [1.82, 2.24) is 15.2 Å². The summed E-state index contributed by atoms with van der Waals surface area (Å²) in [6.07, 6.45) is 1.73. The van der Waals surface area contributed by atoms with Gasteiger partial charge in [0.15, 0.2) is 11.7 Å². The fraction of sp³-hybridized carbons (Fsp3) is 0.250. The zero-order valence-electron chi connectivity index (χ0n) is 22.4. The Bertz CT molecular complexity index is 1430. The summed E-state index contributed by atoms with van der Waals surface area (Å²) in [6.45, 7) is 2.98. The van der Waals surface area contributed by atoms with Crippen LogP contribution >= 0.6 is 0 Å². The highest BCUT2D eigenvalue weighted by atomic mass is 16.5. The average molecular weight is 562 g/mol. The zero-order valence-corrected chi connectivity index (χ0v) is 22.4. The van der Waals surface area contributed by atoms with Crippen LogP contribution in [0.1, 0.15) is 47.7 Å². The van der Waals surface area contributed by atoms with Gasteiger partial charge in [-0.15, -0.1) is 0 Å². The van der Waals surface area contributed by atoms with E-state index in [-0.39, 0.29) is 46.9 Å². The number of amides is 2. The van der Waals surface area contributed by atoms with E-state index in [2.05, 4.69) is 20.6 Å². The molecule has 7 N–H and O–H groups in total. The maximum atomic E-state index is 13.3. The molecular weight excluding hydrogens is 530 g/mol. The quantitative estimate of drug-likeness (QED) is 0.113. The smallest absolute Gasteiger partial charge is 0.257 e. The third kappa shape index (κ3) is 7.20. The molecule has 1 aliphatic rings. The molecule has 2 aromatic carbocycles. The Morgan fingerprint density at radius 3 is 1.95 bits per heavy atom. The molecule has 214 valence electrons. The molecule has 1 aliphatic heterocycles. The van der Waals surface area contributed by atoms with Crippen LogP contribution in [0.25, 0.3) is 0 Å². The molecule has 1 saturated heterocycles. The monoisotopic (exact) mass is 561 g/mol. The van der Waals surface area contributed by atoms with Crippen LogP contribution in [-0.2, 0) is 4.79 Å². The minimum atomic E-state index is -0.379. The Morgan fingerprint density at radius 2 is 1.44 bits per heavy atom. The minimum absolute atomic E-state index is 0.00317. The largest absolute Gasteiger partial charge is 0.439 e. The van der Waals surface area contributed by atoms with Crippen LogP contribution in [0, 0.1) is 0 Å². The average Bonchev–Trinajstić information content (AvgIpc) is 3.01. The maximum Gasteiger partial charge on any atom is 0.257 e. The zero-order chi connectivity index (χ0) is 29.4. The number of piperidine rings is 1. The van der Waals surface area contributed by atoms with Gasteiger partial charge in [-0.3, -0.25) is 9.59 Å². The fourth-order valence-electron chi connectivity index (χ4n) is 4.23. The lowest BCUT2D eigenvalue weighted by molar-refractivity contribution is -0.131. The molecule has 4 rings (SSSR count). The van der Waals surface area contributed by atoms with E-state index in [1.807, 2.05) is 6.92 Å². The van der Waals surface area contributed by atoms with E-state index in [0.29, 0.717) is 55.0 Å². The molecule has 13 heteroatoms. The van der Waals surface area contributed by atoms with Crippen molar-refractivity contribution in [1.29, 1.82) is 0 Å². The van der Waals surface area contributed by atoms with Crippen LogP contribution in [0.2, 0.25) is 0 Å². The summed E-state index contributed by atoms with van der Waals surface area (Å²) in [5.41, 5.74) is 12.4. The molecule has 2 heterocycles. The molecule has 0 unspecified atom stereocenters. The number of carbonyl (C=O) groups excluding carboxylic acids is 2. The molecule has 1 aromatic heterocycles. The number of carbonyl (C=O) groups is 2. The second-order valence-electron chi connectivity index (χ2n) is 9.21. The molecule has 0 radical (unpaired) electrons. The van der Waals surface area contributed by atoms with Gasteiger partial charge in [-0.1, -0.05) is 17.2 Å². The number of benzene rings is 2. The van der Waals surface area contributed by atoms with Crippen LogP contribution in [0.15, 0.2) is 71.0 Å². The SMILES string of the molecule is CCC(=O)N1CCC(NC(=O)c2ccc(Oc3ccc(C(N)=NO)cc3)nc2Oc2ccc(C(N)=NO)cc2)CC1. The van der Waals surface area contributed by atoms with E-state index >= 15 is 0 Å². The first kappa shape index (κ1) is 28.7. The number of hydrogen-bond donors (Lipinski definition) is 5. The number of hydrogen-bond acceptors (Lipinski definition) is 9. The first-order valence-electron chi connectivity index (χ1n) is 12.9. The van der Waals surface area contributed by atoms with E-state index in [4.69, 9.17) is 31.4 Å². The Kier molecular flexibility index (Phi) is 9.20. The van der Waals surface area contributed by atoms with Crippen molar-refractivity contribution in [3.8, 4) is 23.3 Å². The van der Waals surface area contributed by atoms with Crippen molar-refractivity contribution in [2.75, 3.05) is 13.1 Å². The Balaban J connectivity index is 1.55. The van der Waals surface area contributed by atoms with Gasteiger partial charge in [-0.25, -0.2) is 0 Å². The van der Waals surface area contributed by atoms with Crippen LogP contribution in [0.5, 0.6) is 23.3 Å². The van der Waals surface area contributed by atoms with Gasteiger partial charge in [0, 0.05) is 42.7 Å². The first-order valence-corrected chi connectivity index (χ1v) is 12.9. The number of oxime groups is 2. The van der Waals surface area contributed by atoms with Gasteiger partial charge in [-0.2, -0.15) is 4.98 Å². The normalized spacial score (nSPS) is 14.4. The summed E-state index contributed by atoms with van der Waals surface area (Å²) in [7, 11) is 0. The topological polar surface area (TPSA) is 198 Å². The van der Waals surface area contributed by atoms with Gasteiger partial charge in [0.1, 0.15) is 17.1 Å². The molecule has 0 bridgehead atoms. The molecule has 41 heavy (non-hydrogen) atoms. The van der Waals surface area contributed by atoms with Crippen molar-refractivity contribution in [2.45, 2.75) is 32.2 Å². The van der Waals surface area contributed by atoms with Crippen LogP contribution in [0.3, 0.4) is 0 Å². The van der Waals surface area contributed by atoms with Crippen molar-refractivity contribution in [3.63, 3.8) is 0 Å². The molecule has 1 fully saturated rings. The predicted molar refractivity (Wildman–Crippen MR) is 150 cm³/mol. The molecule has 13 nitrogen and oxygen atoms in total. The molecule has 0 atom stereocenters. The van der Waals surface area contributed by atoms with E-state index in [1.54, 1.807) is 65.6 Å². The van der Waals surface area contributed by atoms with E-state index in [1.165, 1.54) is 0 Å². The Hall–Kier alpha value is -5.33. The Morgan fingerprint density at radius 1 is 0.902 bits per heavy atom. The van der Waals surface area contributed by atoms with Crippen molar-refractivity contribution in [3.05, 3.63) is 77.4 Å². The van der Waals surface area contributed by atoms with Gasteiger partial charge < -0.3 is 41.6 Å². The lowest BCUT2D eigenvalue weighted by Gasteiger charge is -2.32. The number of ether oxygens (including phenoxy) is 2. The van der Waals surface area contributed by atoms with Gasteiger partial charge in [0.2, 0.25) is 17.7 Å². The summed E-state index contributed by atoms with van der Waals surface area (Å²) in [5.74, 6) is 0.561. The minimum Gasteiger partial charge on any atom is -0.439 e. The van der Waals surface area contributed by atoms with Gasteiger partial charge in [0.05, 0.1) is 0 Å². The summed E-state index contributed by atoms with van der Waals surface area (Å²) in [6, 6.07) is 15.8. The number of nitrogens with two attached hydrogens (primary N) is 2. The maximum absolute atomic E-state index is 13.3. The summed E-state index contributed by atoms with van der Waals surface area (Å²) in [5, 5.41) is 26.7. The number of pyridine rings is 1. The summed E-state index contributed by atoms with van der Waals surface area (Å²) in [4.78, 5) is 31.6. The number of nitrogens with one attached hydrogen (secondary N) is 1. The highest BCUT2D eigenvalue weighted by Crippen LogP contribution is 2.29. The van der Waals surface area contributed by atoms with Crippen LogP contribution < -0.4 is 26.3 Å². The second-order valence-corrected chi connectivity index (χ2v) is 9.21. The number of nitrogens with zero attached hydrogens (tertiary/aromatic N) is 4. The number of aromatic nitrogens is 1. The number of amidine groups is 2. The van der Waals surface area contributed by atoms with E-state index < -0.39 is 0 Å². The van der Waals surface area contributed by atoms with Gasteiger partial charge in [-0.05, 0) is 67.4 Å². The molecule has 3 aromatic rings. The lowest BCUT2D eigenvalue weighted by Crippen LogP contribution is -2.46. The third-order valence-electron chi connectivity index (χ3n) is 6.52. The van der Waals surface area contributed by atoms with Crippen molar-refractivity contribution < 1.29 is 29.5 Å². The standard InChI is InChI=1S/C28H31N7O6/c1-2-24(36)35-15-13-19(14-16-35)31-27(37)22-11-12-23(40-20-7-3-17(4-8-20)25(29)33-38)32-28(22)41-21-9-5-18(6-10-21)26(30)34-39/h3-12,19,38-39H,2,13-16H2,1H3,(H2,29,33)(H2,30,34)(H,31,37). The van der Waals surface area contributed by atoms with Gasteiger partial charge in [0.25, 0.3) is 5.91 Å². The lowest BCUT2D eigenvalue weighted by atomic mass is 10.0. The summed E-state index contributed by atoms with van der Waals surface area (Å²) >= 11 is 0. The molecular formula is C28H31N7O6. The number of rotatable bonds is 9. The molecule has 0 aliphatic carbocycles. The second kappa shape index (κ2) is 13.2. The third-order valence-corrected chi connectivity index (χ3v) is 6.52. The van der Waals surface area contributed by atoms with Crippen molar-refractivity contribution >= 4 is 23.5 Å². The predicted octanol–water partition coefficient (Wildman–Crippen LogP) is 2.99. The first-order chi connectivity index (χ1) is 19.8. The Labute approximate surface area is 236 Å². The molecule has 2 amide bonds. The number of likely N-dealkylation sites (tertiary alicyclic amines) is 1. The molecule has 0 saturated carbocycles. The van der Waals surface area contributed by atoms with E-state index in [9.17, 15) is 9.59 Å². The fourth-order valence-corrected chi connectivity index (χ4v) is 4.23. The van der Waals surface area contributed by atoms with E-state index in [0.717, 1.165) is 0 Å². The van der Waals surface area contributed by atoms with Gasteiger partial charge >= 0.3 is 0 Å². The van der Waals surface area contributed by atoms with Crippen LogP contribution in [-0.4, -0.2) is 62.9 Å². The van der Waals surface area contributed by atoms with Crippen molar-refractivity contribution in [2.24, 2.45) is 21.8 Å².